The molecule has 1 aromatic carbocycles. The van der Waals surface area contributed by atoms with E-state index >= 15 is 0 Å². The number of benzene rings is 1. The van der Waals surface area contributed by atoms with Gasteiger partial charge < -0.3 is 24.1 Å². The summed E-state index contributed by atoms with van der Waals surface area (Å²) in [7, 11) is 0. The van der Waals surface area contributed by atoms with Gasteiger partial charge in [0.25, 0.3) is 0 Å². The number of rotatable bonds is 7. The summed E-state index contributed by atoms with van der Waals surface area (Å²) in [4.78, 5) is 12.7. The van der Waals surface area contributed by atoms with Crippen molar-refractivity contribution in [1.82, 2.24) is 0 Å². The minimum absolute atomic E-state index is 0.00598. The molecule has 2 saturated heterocycles. The molecular weight excluding hydrogens is 384 g/mol. The number of ether oxygens (including phenoxy) is 4. The predicted octanol–water partition coefficient (Wildman–Crippen LogP) is 4.74. The van der Waals surface area contributed by atoms with Gasteiger partial charge in [0.15, 0.2) is 18.4 Å². The number of carbonyl (C=O) groups is 1. The Balaban J connectivity index is 1.32. The fourth-order valence-corrected chi connectivity index (χ4v) is 3.97. The summed E-state index contributed by atoms with van der Waals surface area (Å²) in [5.74, 6) is 1.36. The second-order valence-corrected chi connectivity index (χ2v) is 8.05. The van der Waals surface area contributed by atoms with Crippen molar-refractivity contribution in [1.29, 1.82) is 0 Å². The number of hydrogen-bond donors (Lipinski definition) is 1. The van der Waals surface area contributed by atoms with Crippen molar-refractivity contribution in [3.63, 3.8) is 0 Å². The summed E-state index contributed by atoms with van der Waals surface area (Å²) in [6.45, 7) is 1.45. The molecule has 0 aromatic heterocycles. The van der Waals surface area contributed by atoms with E-state index in [-0.39, 0.29) is 30.5 Å². The van der Waals surface area contributed by atoms with Crippen LogP contribution in [-0.4, -0.2) is 36.7 Å². The van der Waals surface area contributed by atoms with Gasteiger partial charge in [-0.1, -0.05) is 12.1 Å². The summed E-state index contributed by atoms with van der Waals surface area (Å²) in [5, 5.41) is 10.4. The van der Waals surface area contributed by atoms with Gasteiger partial charge in [-0.15, -0.1) is 0 Å². The van der Waals surface area contributed by atoms with Crippen molar-refractivity contribution in [2.75, 3.05) is 13.2 Å². The Hall–Kier alpha value is -2.31. The number of Topliss-reactive ketones (excluding diaryl/α,β-unsaturated/α-hetero) is 1. The zero-order valence-electron chi connectivity index (χ0n) is 17.3. The molecule has 1 aromatic rings. The number of hydrogen-bond acceptors (Lipinski definition) is 6. The van der Waals surface area contributed by atoms with Crippen LogP contribution in [0.5, 0.6) is 5.75 Å². The van der Waals surface area contributed by atoms with Crippen LogP contribution < -0.4 is 4.74 Å². The van der Waals surface area contributed by atoms with E-state index in [9.17, 15) is 9.90 Å². The highest BCUT2D eigenvalue weighted by molar-refractivity contribution is 5.97. The topological polar surface area (TPSA) is 74.2 Å². The highest BCUT2D eigenvalue weighted by Crippen LogP contribution is 2.28. The van der Waals surface area contributed by atoms with Crippen LogP contribution in [0.1, 0.15) is 56.9 Å². The number of ketones is 1. The fourth-order valence-electron chi connectivity index (χ4n) is 3.97. The van der Waals surface area contributed by atoms with Crippen LogP contribution in [0.2, 0.25) is 0 Å². The van der Waals surface area contributed by atoms with E-state index in [1.165, 1.54) is 0 Å². The van der Waals surface area contributed by atoms with Crippen LogP contribution >= 0.6 is 0 Å². The number of aliphatic hydroxyl groups is 1. The minimum Gasteiger partial charge on any atom is -0.507 e. The van der Waals surface area contributed by atoms with E-state index in [0.717, 1.165) is 56.4 Å². The molecule has 0 saturated carbocycles. The standard InChI is InChI=1S/C24H30O6/c25-21(15-17-7-9-18(10-8-17)29-23-5-1-3-13-27-23)20-12-11-19(16-22(20)26)30-24-6-2-4-14-28-24/h7-10,16,23-24,26H,1-6,11-15H2. The summed E-state index contributed by atoms with van der Waals surface area (Å²) >= 11 is 0. The molecule has 0 bridgehead atoms. The lowest BCUT2D eigenvalue weighted by atomic mass is 9.94. The normalized spacial score (nSPS) is 24.9. The van der Waals surface area contributed by atoms with Crippen LogP contribution in [0.25, 0.3) is 0 Å². The number of aliphatic hydroxyl groups excluding tert-OH is 1. The summed E-state index contributed by atoms with van der Waals surface area (Å²) in [6.07, 6.45) is 8.57. The first-order valence-corrected chi connectivity index (χ1v) is 11.0. The van der Waals surface area contributed by atoms with Gasteiger partial charge >= 0.3 is 0 Å². The van der Waals surface area contributed by atoms with Crippen LogP contribution in [0.4, 0.5) is 0 Å². The van der Waals surface area contributed by atoms with Gasteiger partial charge in [0.1, 0.15) is 17.3 Å². The molecule has 30 heavy (non-hydrogen) atoms. The van der Waals surface area contributed by atoms with E-state index in [2.05, 4.69) is 0 Å². The SMILES string of the molecule is O=C(Cc1ccc(OC2CCCCO2)cc1)C1=C(O)C=C(OC2CCCCO2)CC1. The molecule has 1 aliphatic carbocycles. The summed E-state index contributed by atoms with van der Waals surface area (Å²) in [6, 6.07) is 7.51. The first kappa shape index (κ1) is 20.9. The van der Waals surface area contributed by atoms with E-state index < -0.39 is 0 Å². The molecule has 162 valence electrons. The van der Waals surface area contributed by atoms with Gasteiger partial charge in [-0.3, -0.25) is 4.79 Å². The number of carbonyl (C=O) groups excluding carboxylic acids is 1. The second kappa shape index (κ2) is 10.1. The largest absolute Gasteiger partial charge is 0.507 e. The first-order valence-electron chi connectivity index (χ1n) is 11.0. The molecule has 6 nitrogen and oxygen atoms in total. The Bertz CT molecular complexity index is 782. The van der Waals surface area contributed by atoms with E-state index in [1.54, 1.807) is 6.08 Å². The average molecular weight is 414 g/mol. The fraction of sp³-hybridized carbons (Fsp3) is 0.542. The third-order valence-electron chi connectivity index (χ3n) is 5.68. The Morgan fingerprint density at radius 1 is 0.933 bits per heavy atom. The quantitative estimate of drug-likeness (QED) is 0.695. The smallest absolute Gasteiger partial charge is 0.199 e. The Morgan fingerprint density at radius 3 is 2.20 bits per heavy atom. The van der Waals surface area contributed by atoms with Crippen LogP contribution in [0.15, 0.2) is 47.4 Å². The Morgan fingerprint density at radius 2 is 1.60 bits per heavy atom. The third kappa shape index (κ3) is 5.64. The Labute approximate surface area is 177 Å². The molecule has 2 heterocycles. The molecule has 2 fully saturated rings. The maximum atomic E-state index is 12.7. The molecule has 3 aliphatic rings. The van der Waals surface area contributed by atoms with Crippen LogP contribution in [0.3, 0.4) is 0 Å². The van der Waals surface area contributed by atoms with Gasteiger partial charge in [0, 0.05) is 37.3 Å². The maximum Gasteiger partial charge on any atom is 0.199 e. The molecule has 1 N–H and O–H groups in total. The van der Waals surface area contributed by atoms with Crippen LogP contribution in [-0.2, 0) is 25.4 Å². The average Bonchev–Trinajstić information content (AvgIpc) is 2.76. The highest BCUT2D eigenvalue weighted by Gasteiger charge is 2.23. The van der Waals surface area contributed by atoms with Crippen molar-refractivity contribution < 1.29 is 28.8 Å². The van der Waals surface area contributed by atoms with Gasteiger partial charge in [0.05, 0.1) is 13.2 Å². The molecule has 0 spiro atoms. The zero-order chi connectivity index (χ0) is 20.8. The van der Waals surface area contributed by atoms with Gasteiger partial charge in [-0.05, 0) is 49.8 Å². The highest BCUT2D eigenvalue weighted by atomic mass is 16.7. The van der Waals surface area contributed by atoms with Gasteiger partial charge in [-0.2, -0.15) is 0 Å². The van der Waals surface area contributed by atoms with Crippen molar-refractivity contribution in [2.24, 2.45) is 0 Å². The molecule has 2 unspecified atom stereocenters. The number of allylic oxidation sites excluding steroid dienone is 3. The molecular formula is C24H30O6. The first-order chi connectivity index (χ1) is 14.7. The summed E-state index contributed by atoms with van der Waals surface area (Å²) in [5.41, 5.74) is 1.35. The molecule has 2 atom stereocenters. The van der Waals surface area contributed by atoms with Crippen LogP contribution in [0, 0.1) is 0 Å². The monoisotopic (exact) mass is 414 g/mol. The van der Waals surface area contributed by atoms with Crippen molar-refractivity contribution in [3.05, 3.63) is 53.0 Å². The lowest BCUT2D eigenvalue weighted by molar-refractivity contribution is -0.140. The van der Waals surface area contributed by atoms with Crippen molar-refractivity contribution in [3.8, 4) is 5.75 Å². The molecule has 6 heteroatoms. The van der Waals surface area contributed by atoms with Gasteiger partial charge in [0.2, 0.25) is 0 Å². The summed E-state index contributed by atoms with van der Waals surface area (Å²) < 4.78 is 22.8. The molecule has 4 rings (SSSR count). The molecule has 0 radical (unpaired) electrons. The minimum atomic E-state index is -0.241. The van der Waals surface area contributed by atoms with E-state index in [4.69, 9.17) is 18.9 Å². The lowest BCUT2D eigenvalue weighted by Gasteiger charge is -2.26. The van der Waals surface area contributed by atoms with E-state index in [0.29, 0.717) is 30.8 Å². The van der Waals surface area contributed by atoms with Crippen molar-refractivity contribution >= 4 is 5.78 Å². The van der Waals surface area contributed by atoms with E-state index in [1.807, 2.05) is 24.3 Å². The second-order valence-electron chi connectivity index (χ2n) is 8.05. The van der Waals surface area contributed by atoms with Crippen molar-refractivity contribution in [2.45, 2.75) is 70.4 Å². The maximum absolute atomic E-state index is 12.7. The molecule has 0 amide bonds. The Kier molecular flexibility index (Phi) is 7.07. The third-order valence-corrected chi connectivity index (χ3v) is 5.68. The zero-order valence-corrected chi connectivity index (χ0v) is 17.3. The predicted molar refractivity (Wildman–Crippen MR) is 111 cm³/mol. The lowest BCUT2D eigenvalue weighted by Crippen LogP contribution is -2.24. The molecule has 2 aliphatic heterocycles. The van der Waals surface area contributed by atoms with Gasteiger partial charge in [-0.25, -0.2) is 0 Å².